The van der Waals surface area contributed by atoms with Gasteiger partial charge >= 0.3 is 0 Å². The maximum Gasteiger partial charge on any atom is 0.253 e. The van der Waals surface area contributed by atoms with E-state index in [1.807, 2.05) is 24.3 Å². The molecule has 0 atom stereocenters. The molecule has 0 saturated carbocycles. The van der Waals surface area contributed by atoms with Crippen molar-refractivity contribution in [3.05, 3.63) is 65.9 Å². The second-order valence-corrected chi connectivity index (χ2v) is 6.48. The predicted octanol–water partition coefficient (Wildman–Crippen LogP) is 3.59. The van der Waals surface area contributed by atoms with Crippen molar-refractivity contribution in [2.45, 2.75) is 18.9 Å². The number of carbonyl (C=O) groups is 1. The number of piperidine rings is 1. The molecule has 0 bridgehead atoms. The lowest BCUT2D eigenvalue weighted by molar-refractivity contribution is 0.0588. The number of fused-ring (bicyclic) bond motifs is 1. The van der Waals surface area contributed by atoms with E-state index in [4.69, 9.17) is 4.74 Å². The van der Waals surface area contributed by atoms with Gasteiger partial charge in [-0.15, -0.1) is 5.10 Å². The fourth-order valence-corrected chi connectivity index (χ4v) is 3.24. The highest BCUT2D eigenvalue weighted by Crippen LogP contribution is 2.25. The molecule has 2 aromatic carbocycles. The summed E-state index contributed by atoms with van der Waals surface area (Å²) >= 11 is 0. The summed E-state index contributed by atoms with van der Waals surface area (Å²) in [5.41, 5.74) is 0.146. The minimum atomic E-state index is -1.02. The molecule has 1 amide bonds. The van der Waals surface area contributed by atoms with E-state index >= 15 is 0 Å². The summed E-state index contributed by atoms with van der Waals surface area (Å²) in [5.74, 6) is -1.81. The fraction of sp³-hybridized carbons (Fsp3) is 0.250. The van der Waals surface area contributed by atoms with Crippen LogP contribution in [0.1, 0.15) is 23.2 Å². The molecule has 1 aliphatic heterocycles. The smallest absolute Gasteiger partial charge is 0.253 e. The molecule has 138 valence electrons. The van der Waals surface area contributed by atoms with Crippen LogP contribution in [-0.4, -0.2) is 40.2 Å². The molecule has 0 aliphatic carbocycles. The Kier molecular flexibility index (Phi) is 4.66. The van der Waals surface area contributed by atoms with E-state index in [9.17, 15) is 13.6 Å². The zero-order valence-corrected chi connectivity index (χ0v) is 14.4. The van der Waals surface area contributed by atoms with Crippen LogP contribution in [0.15, 0.2) is 48.7 Å². The highest BCUT2D eigenvalue weighted by Gasteiger charge is 2.26. The lowest BCUT2D eigenvalue weighted by Gasteiger charge is -2.32. The van der Waals surface area contributed by atoms with E-state index in [1.54, 1.807) is 11.1 Å². The van der Waals surface area contributed by atoms with Gasteiger partial charge in [0.2, 0.25) is 5.88 Å². The Morgan fingerprint density at radius 1 is 1.07 bits per heavy atom. The topological polar surface area (TPSA) is 55.3 Å². The Balaban J connectivity index is 1.41. The molecular weight excluding hydrogens is 352 g/mol. The summed E-state index contributed by atoms with van der Waals surface area (Å²) < 4.78 is 32.4. The Morgan fingerprint density at radius 3 is 2.63 bits per heavy atom. The number of carbonyl (C=O) groups excluding carboxylic acids is 1. The normalized spacial score (nSPS) is 15.1. The number of nitrogens with zero attached hydrogens (tertiary/aromatic N) is 3. The van der Waals surface area contributed by atoms with Crippen LogP contribution in [-0.2, 0) is 0 Å². The van der Waals surface area contributed by atoms with Gasteiger partial charge in [0, 0.05) is 42.3 Å². The van der Waals surface area contributed by atoms with Gasteiger partial charge in [0.05, 0.1) is 6.20 Å². The molecule has 5 nitrogen and oxygen atoms in total. The first-order valence-corrected chi connectivity index (χ1v) is 8.73. The molecule has 1 saturated heterocycles. The van der Waals surface area contributed by atoms with Crippen LogP contribution in [0.3, 0.4) is 0 Å². The minimum absolute atomic E-state index is 0.0842. The molecule has 0 spiro atoms. The Labute approximate surface area is 154 Å². The maximum absolute atomic E-state index is 13.4. The lowest BCUT2D eigenvalue weighted by atomic mass is 10.1. The molecule has 27 heavy (non-hydrogen) atoms. The molecule has 0 unspecified atom stereocenters. The van der Waals surface area contributed by atoms with Crippen LogP contribution in [0, 0.1) is 11.6 Å². The molecule has 3 aromatic rings. The third-order valence-corrected chi connectivity index (χ3v) is 4.71. The van der Waals surface area contributed by atoms with Gasteiger partial charge in [-0.25, -0.2) is 8.78 Å². The molecule has 2 heterocycles. The summed E-state index contributed by atoms with van der Waals surface area (Å²) in [6.07, 6.45) is 2.85. The van der Waals surface area contributed by atoms with Gasteiger partial charge in [-0.05, 0) is 24.3 Å². The molecule has 1 fully saturated rings. The zero-order chi connectivity index (χ0) is 18.8. The van der Waals surface area contributed by atoms with E-state index in [0.29, 0.717) is 31.8 Å². The van der Waals surface area contributed by atoms with E-state index in [1.165, 1.54) is 6.07 Å². The van der Waals surface area contributed by atoms with E-state index in [2.05, 4.69) is 10.2 Å². The third kappa shape index (κ3) is 3.58. The van der Waals surface area contributed by atoms with Gasteiger partial charge in [0.25, 0.3) is 5.91 Å². The Morgan fingerprint density at radius 2 is 1.85 bits per heavy atom. The Hall–Kier alpha value is -3.09. The van der Waals surface area contributed by atoms with Gasteiger partial charge in [-0.3, -0.25) is 4.79 Å². The maximum atomic E-state index is 13.4. The third-order valence-electron chi connectivity index (χ3n) is 4.71. The fourth-order valence-electron chi connectivity index (χ4n) is 3.24. The van der Waals surface area contributed by atoms with Crippen molar-refractivity contribution in [2.24, 2.45) is 0 Å². The Bertz CT molecular complexity index is 983. The molecule has 7 heteroatoms. The van der Waals surface area contributed by atoms with Gasteiger partial charge in [0.15, 0.2) is 11.6 Å². The predicted molar refractivity (Wildman–Crippen MR) is 95.4 cm³/mol. The number of ether oxygens (including phenoxy) is 1. The number of benzene rings is 2. The summed E-state index contributed by atoms with van der Waals surface area (Å²) in [5, 5.41) is 9.91. The standard InChI is InChI=1S/C20H17F2N3O2/c21-17-6-5-13(11-18(17)22)20(26)25-9-7-15(8-10-25)27-19-16-4-2-1-3-14(16)12-23-24-19/h1-6,11-12,15H,7-10H2. The quantitative estimate of drug-likeness (QED) is 0.708. The van der Waals surface area contributed by atoms with Gasteiger partial charge in [-0.2, -0.15) is 5.10 Å². The first-order valence-electron chi connectivity index (χ1n) is 8.73. The van der Waals surface area contributed by atoms with Crippen molar-refractivity contribution in [1.29, 1.82) is 0 Å². The summed E-state index contributed by atoms with van der Waals surface area (Å²) in [4.78, 5) is 14.1. The van der Waals surface area contributed by atoms with Crippen molar-refractivity contribution in [3.8, 4) is 5.88 Å². The van der Waals surface area contributed by atoms with Gasteiger partial charge < -0.3 is 9.64 Å². The van der Waals surface area contributed by atoms with Crippen molar-refractivity contribution >= 4 is 16.7 Å². The van der Waals surface area contributed by atoms with Crippen molar-refractivity contribution in [3.63, 3.8) is 0 Å². The van der Waals surface area contributed by atoms with E-state index in [0.717, 1.165) is 22.9 Å². The summed E-state index contributed by atoms with van der Waals surface area (Å²) in [7, 11) is 0. The zero-order valence-electron chi connectivity index (χ0n) is 14.4. The number of aromatic nitrogens is 2. The van der Waals surface area contributed by atoms with Gasteiger partial charge in [-0.1, -0.05) is 18.2 Å². The monoisotopic (exact) mass is 369 g/mol. The second kappa shape index (κ2) is 7.26. The van der Waals surface area contributed by atoms with Crippen LogP contribution in [0.4, 0.5) is 8.78 Å². The number of likely N-dealkylation sites (tertiary alicyclic amines) is 1. The molecule has 0 N–H and O–H groups in total. The first-order chi connectivity index (χ1) is 13.1. The number of halogens is 2. The van der Waals surface area contributed by atoms with E-state index < -0.39 is 11.6 Å². The lowest BCUT2D eigenvalue weighted by Crippen LogP contribution is -2.41. The van der Waals surface area contributed by atoms with Crippen LogP contribution in [0.2, 0.25) is 0 Å². The highest BCUT2D eigenvalue weighted by molar-refractivity contribution is 5.94. The van der Waals surface area contributed by atoms with Crippen LogP contribution in [0.25, 0.3) is 10.8 Å². The molecule has 4 rings (SSSR count). The van der Waals surface area contributed by atoms with Crippen LogP contribution < -0.4 is 4.74 Å². The first kappa shape index (κ1) is 17.3. The SMILES string of the molecule is O=C(c1ccc(F)c(F)c1)N1CCC(Oc2nncc3ccccc23)CC1. The van der Waals surface area contributed by atoms with Crippen molar-refractivity contribution in [1.82, 2.24) is 15.1 Å². The highest BCUT2D eigenvalue weighted by atomic mass is 19.2. The average molecular weight is 369 g/mol. The molecule has 1 aliphatic rings. The number of rotatable bonds is 3. The number of hydrogen-bond acceptors (Lipinski definition) is 4. The van der Waals surface area contributed by atoms with E-state index in [-0.39, 0.29) is 17.6 Å². The van der Waals surface area contributed by atoms with Crippen LogP contribution >= 0.6 is 0 Å². The molecule has 0 radical (unpaired) electrons. The summed E-state index contributed by atoms with van der Waals surface area (Å²) in [6.45, 7) is 0.946. The molecule has 1 aromatic heterocycles. The summed E-state index contributed by atoms with van der Waals surface area (Å²) in [6, 6.07) is 10.9. The second-order valence-electron chi connectivity index (χ2n) is 6.48. The number of hydrogen-bond donors (Lipinski definition) is 0. The molecular formula is C20H17F2N3O2. The van der Waals surface area contributed by atoms with Crippen LogP contribution in [0.5, 0.6) is 5.88 Å². The van der Waals surface area contributed by atoms with Gasteiger partial charge in [0.1, 0.15) is 6.10 Å². The van der Waals surface area contributed by atoms with Crippen molar-refractivity contribution in [2.75, 3.05) is 13.1 Å². The average Bonchev–Trinajstić information content (AvgIpc) is 2.70. The van der Waals surface area contributed by atoms with Crippen molar-refractivity contribution < 1.29 is 18.3 Å². The minimum Gasteiger partial charge on any atom is -0.473 e. The number of amides is 1. The largest absolute Gasteiger partial charge is 0.473 e.